The average molecular weight is 272 g/mol. The Bertz CT molecular complexity index is 570. The molecule has 0 aliphatic heterocycles. The largest absolute Gasteiger partial charge is 0.508 e. The summed E-state index contributed by atoms with van der Waals surface area (Å²) in [5, 5.41) is 11.4. The molecule has 88 valence electrons. The van der Waals surface area contributed by atoms with Gasteiger partial charge in [0.15, 0.2) is 0 Å². The third-order valence-electron chi connectivity index (χ3n) is 2.00. The number of halogens is 2. The summed E-state index contributed by atoms with van der Waals surface area (Å²) in [7, 11) is 0. The summed E-state index contributed by atoms with van der Waals surface area (Å²) in [4.78, 5) is 12.1. The average Bonchev–Trinajstić information content (AvgIpc) is 2.69. The number of benzene rings is 1. The molecule has 0 atom stereocenters. The van der Waals surface area contributed by atoms with E-state index in [0.29, 0.717) is 9.21 Å². The van der Waals surface area contributed by atoms with Gasteiger partial charge >= 0.3 is 0 Å². The standard InChI is InChI=1S/C11H7ClFNO2S/c12-10-4-3-9(17-10)11(16)14-8-2-1-6(15)5-7(8)13/h1-5,15H,(H,14,16). The topological polar surface area (TPSA) is 49.3 Å². The number of rotatable bonds is 2. The van der Waals surface area contributed by atoms with Gasteiger partial charge in [-0.15, -0.1) is 11.3 Å². The summed E-state index contributed by atoms with van der Waals surface area (Å²) in [5.74, 6) is -1.33. The minimum Gasteiger partial charge on any atom is -0.508 e. The number of carbonyl (C=O) groups excluding carboxylic acids is 1. The van der Waals surface area contributed by atoms with Crippen molar-refractivity contribution in [2.75, 3.05) is 5.32 Å². The number of phenolic OH excluding ortho intramolecular Hbond substituents is 1. The number of amides is 1. The fraction of sp³-hybridized carbons (Fsp3) is 0. The first-order valence-corrected chi connectivity index (χ1v) is 5.81. The van der Waals surface area contributed by atoms with Crippen LogP contribution in [0.4, 0.5) is 10.1 Å². The second-order valence-corrected chi connectivity index (χ2v) is 4.94. The van der Waals surface area contributed by atoms with Crippen LogP contribution in [0.3, 0.4) is 0 Å². The molecule has 0 saturated heterocycles. The normalized spacial score (nSPS) is 10.2. The summed E-state index contributed by atoms with van der Waals surface area (Å²) < 4.78 is 13.8. The number of nitrogens with one attached hydrogen (secondary N) is 1. The zero-order valence-electron chi connectivity index (χ0n) is 8.41. The van der Waals surface area contributed by atoms with Crippen molar-refractivity contribution in [2.24, 2.45) is 0 Å². The molecule has 0 radical (unpaired) electrons. The molecule has 0 aliphatic rings. The van der Waals surface area contributed by atoms with Crippen LogP contribution in [-0.2, 0) is 0 Å². The Morgan fingerprint density at radius 2 is 2.12 bits per heavy atom. The van der Waals surface area contributed by atoms with E-state index in [1.54, 1.807) is 12.1 Å². The predicted molar refractivity (Wildman–Crippen MR) is 65.3 cm³/mol. The molecule has 0 aliphatic carbocycles. The molecule has 1 heterocycles. The highest BCUT2D eigenvalue weighted by molar-refractivity contribution is 7.18. The van der Waals surface area contributed by atoms with Crippen LogP contribution in [0.1, 0.15) is 9.67 Å². The van der Waals surface area contributed by atoms with E-state index in [-0.39, 0.29) is 11.4 Å². The Balaban J connectivity index is 2.18. The lowest BCUT2D eigenvalue weighted by Crippen LogP contribution is -2.11. The molecule has 0 unspecified atom stereocenters. The first-order chi connectivity index (χ1) is 8.06. The van der Waals surface area contributed by atoms with Gasteiger partial charge in [0.1, 0.15) is 11.6 Å². The molecule has 0 saturated carbocycles. The lowest BCUT2D eigenvalue weighted by molar-refractivity contribution is 0.103. The lowest BCUT2D eigenvalue weighted by Gasteiger charge is -2.04. The van der Waals surface area contributed by atoms with Crippen LogP contribution in [-0.4, -0.2) is 11.0 Å². The van der Waals surface area contributed by atoms with Gasteiger partial charge in [-0.25, -0.2) is 4.39 Å². The van der Waals surface area contributed by atoms with Gasteiger partial charge in [-0.3, -0.25) is 4.79 Å². The van der Waals surface area contributed by atoms with Gasteiger partial charge in [0.2, 0.25) is 0 Å². The first kappa shape index (κ1) is 11.9. The van der Waals surface area contributed by atoms with Crippen LogP contribution >= 0.6 is 22.9 Å². The molecule has 0 fully saturated rings. The van der Waals surface area contributed by atoms with Crippen LogP contribution in [0, 0.1) is 5.82 Å². The van der Waals surface area contributed by atoms with Crippen molar-refractivity contribution in [2.45, 2.75) is 0 Å². The number of phenols is 1. The Labute approximate surface area is 105 Å². The van der Waals surface area contributed by atoms with Gasteiger partial charge in [0.05, 0.1) is 14.9 Å². The van der Waals surface area contributed by atoms with Gasteiger partial charge in [-0.1, -0.05) is 11.6 Å². The molecule has 2 rings (SSSR count). The molecule has 2 aromatic rings. The van der Waals surface area contributed by atoms with E-state index >= 15 is 0 Å². The first-order valence-electron chi connectivity index (χ1n) is 4.61. The van der Waals surface area contributed by atoms with Crippen LogP contribution in [0.2, 0.25) is 4.34 Å². The summed E-state index contributed by atoms with van der Waals surface area (Å²) in [6.45, 7) is 0. The van der Waals surface area contributed by atoms with Crippen LogP contribution in [0.25, 0.3) is 0 Å². The van der Waals surface area contributed by atoms with Gasteiger partial charge in [0.25, 0.3) is 5.91 Å². The van der Waals surface area contributed by atoms with Crippen molar-refractivity contribution in [3.63, 3.8) is 0 Å². The molecule has 1 amide bonds. The molecule has 6 heteroatoms. The highest BCUT2D eigenvalue weighted by Gasteiger charge is 2.11. The Morgan fingerprint density at radius 3 is 2.71 bits per heavy atom. The third kappa shape index (κ3) is 2.75. The summed E-state index contributed by atoms with van der Waals surface area (Å²) in [5.41, 5.74) is 0.0114. The maximum Gasteiger partial charge on any atom is 0.265 e. The molecule has 1 aromatic heterocycles. The zero-order chi connectivity index (χ0) is 12.4. The number of anilines is 1. The predicted octanol–water partition coefficient (Wildman–Crippen LogP) is 3.50. The lowest BCUT2D eigenvalue weighted by atomic mass is 10.3. The van der Waals surface area contributed by atoms with Gasteiger partial charge in [0, 0.05) is 6.07 Å². The van der Waals surface area contributed by atoms with Crippen LogP contribution < -0.4 is 5.32 Å². The smallest absolute Gasteiger partial charge is 0.265 e. The van der Waals surface area contributed by atoms with E-state index in [0.717, 1.165) is 17.4 Å². The number of carbonyl (C=O) groups is 1. The molecule has 0 spiro atoms. The quantitative estimate of drug-likeness (QED) is 0.822. The van der Waals surface area contributed by atoms with Crippen molar-refractivity contribution in [1.82, 2.24) is 0 Å². The number of thiophene rings is 1. The molecule has 2 N–H and O–H groups in total. The fourth-order valence-electron chi connectivity index (χ4n) is 1.23. The Morgan fingerprint density at radius 1 is 1.35 bits per heavy atom. The Hall–Kier alpha value is -1.59. The minimum absolute atomic E-state index is 0.0114. The molecule has 3 nitrogen and oxygen atoms in total. The summed E-state index contributed by atoms with van der Waals surface area (Å²) >= 11 is 6.80. The molecule has 0 bridgehead atoms. The summed E-state index contributed by atoms with van der Waals surface area (Å²) in [6.07, 6.45) is 0. The molecule has 17 heavy (non-hydrogen) atoms. The van der Waals surface area contributed by atoms with Crippen molar-refractivity contribution in [1.29, 1.82) is 0 Å². The second-order valence-electron chi connectivity index (χ2n) is 3.22. The van der Waals surface area contributed by atoms with E-state index < -0.39 is 11.7 Å². The highest BCUT2D eigenvalue weighted by atomic mass is 35.5. The van der Waals surface area contributed by atoms with Crippen LogP contribution in [0.5, 0.6) is 5.75 Å². The SMILES string of the molecule is O=C(Nc1ccc(O)cc1F)c1ccc(Cl)s1. The van der Waals surface area contributed by atoms with Crippen LogP contribution in [0.15, 0.2) is 30.3 Å². The molecule has 1 aromatic carbocycles. The number of aromatic hydroxyl groups is 1. The third-order valence-corrected chi connectivity index (χ3v) is 3.23. The van der Waals surface area contributed by atoms with Gasteiger partial charge in [-0.05, 0) is 24.3 Å². The maximum absolute atomic E-state index is 13.3. The van der Waals surface area contributed by atoms with Crippen molar-refractivity contribution >= 4 is 34.5 Å². The van der Waals surface area contributed by atoms with Crippen molar-refractivity contribution in [3.05, 3.63) is 45.4 Å². The van der Waals surface area contributed by atoms with E-state index in [1.807, 2.05) is 0 Å². The molecular formula is C11H7ClFNO2S. The van der Waals surface area contributed by atoms with E-state index in [1.165, 1.54) is 12.1 Å². The Kier molecular flexibility index (Phi) is 3.31. The summed E-state index contributed by atoms with van der Waals surface area (Å²) in [6, 6.07) is 6.66. The number of hydrogen-bond acceptors (Lipinski definition) is 3. The van der Waals surface area contributed by atoms with Crippen molar-refractivity contribution < 1.29 is 14.3 Å². The van der Waals surface area contributed by atoms with E-state index in [9.17, 15) is 9.18 Å². The monoisotopic (exact) mass is 271 g/mol. The highest BCUT2D eigenvalue weighted by Crippen LogP contribution is 2.24. The van der Waals surface area contributed by atoms with Gasteiger partial charge < -0.3 is 10.4 Å². The minimum atomic E-state index is -0.694. The zero-order valence-corrected chi connectivity index (χ0v) is 9.98. The number of hydrogen-bond donors (Lipinski definition) is 2. The second kappa shape index (κ2) is 4.73. The molecular weight excluding hydrogens is 265 g/mol. The van der Waals surface area contributed by atoms with Crippen molar-refractivity contribution in [3.8, 4) is 5.75 Å². The van der Waals surface area contributed by atoms with E-state index in [2.05, 4.69) is 5.32 Å². The fourth-order valence-corrected chi connectivity index (χ4v) is 2.16. The van der Waals surface area contributed by atoms with Gasteiger partial charge in [-0.2, -0.15) is 0 Å². The van der Waals surface area contributed by atoms with E-state index in [4.69, 9.17) is 16.7 Å². The maximum atomic E-state index is 13.3.